The molecule has 42 heteroatoms. The number of phenols is 3. The van der Waals surface area contributed by atoms with E-state index in [2.05, 4.69) is 47.9 Å². The topological polar surface area (TPSA) is 619 Å². The van der Waals surface area contributed by atoms with Crippen LogP contribution in [-0.2, 0) is 70.4 Å². The summed E-state index contributed by atoms with van der Waals surface area (Å²) in [5.41, 5.74) is 2.84. The van der Waals surface area contributed by atoms with Crippen molar-refractivity contribution in [2.24, 2.45) is 11.7 Å². The minimum Gasteiger partial charge on any atom is -0.507 e. The molecule has 7 aromatic rings. The number of fused-ring (bicyclic) bond motifs is 15. The van der Waals surface area contributed by atoms with Crippen LogP contribution in [-0.4, -0.2) is 249 Å². The standard InChI is InChI=1S/C86H97Cl3N10O29/c1-33(2)20-48(91-5)77(113)98-64-67(105)39-13-18-52(46(88)22-39)123-54-24-41-25-55(74(54)128-85-75(73(111)71(109)57(32-101)126-85)127-59-28-86(4,76(112)34(3)122-59)93-29-35-6-8-36(9-7-35)37-10-15-42(87)16-11-37)124-53-19-14-40(23-47(53)89)68(106)65-82(118)97-63(83(119)120)44-26-51(103)45(30-92-66-72(110)70(108)56(31-100)125-84(66)121)69(107)60(44)43-21-38(12-17-50(43)102)61(79(115)99-65)96-80(116)62(41)95-78(114)49(27-58(90)104)94-81(64)117/h6-19,21-26,33-34,48-49,56-57,59,61-68,70-73,75-76,84-85,91-93,100-103,105-112,121H,20,27-32H2,1-5H3,(H2,90,104)(H,94,117)(H,95,114)(H,96,116)(H,97,118)(H,98,113)(H,99,115)(H,119,120)/t34-,48+,49-,56+,57+,59-,61+,62+,63-,64+,65-,66+,67+,68+,70-,71+,72+,73-,75+,76+,84?,85-,86-/m0/s1. The number of phenolic OH excluding ortho intramolecular Hbond substituents is 3. The van der Waals surface area contributed by atoms with Crippen molar-refractivity contribution < 1.29 is 143 Å². The van der Waals surface area contributed by atoms with Crippen LogP contribution in [0.15, 0.2) is 121 Å². The number of aliphatic carboxylic acids is 1. The average Bonchev–Trinajstić information content (AvgIpc) is 0.774. The Labute approximate surface area is 744 Å². The quantitative estimate of drug-likeness (QED) is 0.0480. The van der Waals surface area contributed by atoms with Gasteiger partial charge in [-0.05, 0) is 139 Å². The highest BCUT2D eigenvalue weighted by Gasteiger charge is 2.53. The number of hydrogen-bond donors (Lipinski definition) is 24. The molecule has 11 bridgehead atoms. The van der Waals surface area contributed by atoms with Gasteiger partial charge in [-0.25, -0.2) is 4.79 Å². The molecule has 8 aliphatic rings. The Kier molecular flexibility index (Phi) is 29.4. The first kappa shape index (κ1) is 94.9. The van der Waals surface area contributed by atoms with Gasteiger partial charge < -0.3 is 158 Å². The van der Waals surface area contributed by atoms with Gasteiger partial charge in [-0.15, -0.1) is 0 Å². The van der Waals surface area contributed by atoms with Crippen molar-refractivity contribution in [1.82, 2.24) is 47.9 Å². The first-order valence-corrected chi connectivity index (χ1v) is 41.7. The Balaban J connectivity index is 0.985. The third-order valence-corrected chi connectivity index (χ3v) is 24.1. The Bertz CT molecular complexity index is 5340. The molecule has 0 spiro atoms. The van der Waals surface area contributed by atoms with Crippen LogP contribution in [0.2, 0.25) is 15.1 Å². The van der Waals surface area contributed by atoms with Crippen molar-refractivity contribution in [2.45, 2.75) is 200 Å². The fraction of sp³-hybridized carbons (Fsp3) is 0.419. The monoisotopic (exact) mass is 1840 g/mol. The molecule has 0 radical (unpaired) electrons. The number of aromatic hydroxyl groups is 3. The van der Waals surface area contributed by atoms with Crippen LogP contribution in [0, 0.1) is 5.92 Å². The van der Waals surface area contributed by atoms with Crippen molar-refractivity contribution in [3.05, 3.63) is 175 Å². The van der Waals surface area contributed by atoms with Gasteiger partial charge in [0.05, 0.1) is 59.5 Å². The number of carbonyl (C=O) groups excluding carboxylic acids is 7. The number of aliphatic hydroxyl groups is 10. The molecule has 0 saturated carbocycles. The summed E-state index contributed by atoms with van der Waals surface area (Å²) in [4.78, 5) is 120. The lowest BCUT2D eigenvalue weighted by Crippen LogP contribution is -2.65. The molecule has 3 saturated heterocycles. The number of nitrogens with two attached hydrogens (primary N) is 1. The molecule has 686 valence electrons. The number of nitrogens with one attached hydrogen (secondary N) is 9. The minimum atomic E-state index is -2.46. The first-order chi connectivity index (χ1) is 60.8. The number of benzene rings is 7. The summed E-state index contributed by atoms with van der Waals surface area (Å²) in [5.74, 6) is -17.5. The molecule has 0 aliphatic carbocycles. The molecule has 8 heterocycles. The predicted molar refractivity (Wildman–Crippen MR) is 449 cm³/mol. The highest BCUT2D eigenvalue weighted by Crippen LogP contribution is 2.51. The summed E-state index contributed by atoms with van der Waals surface area (Å²) in [6.07, 6.45) is -26.4. The summed E-state index contributed by atoms with van der Waals surface area (Å²) in [6.45, 7) is 4.34. The molecule has 8 aliphatic heterocycles. The van der Waals surface area contributed by atoms with Crippen LogP contribution in [0.4, 0.5) is 0 Å². The van der Waals surface area contributed by atoms with Crippen LogP contribution < -0.4 is 67.8 Å². The van der Waals surface area contributed by atoms with Crippen LogP contribution in [0.5, 0.6) is 46.0 Å². The fourth-order valence-electron chi connectivity index (χ4n) is 16.2. The van der Waals surface area contributed by atoms with E-state index >= 15 is 24.0 Å². The second kappa shape index (κ2) is 39.7. The highest BCUT2D eigenvalue weighted by molar-refractivity contribution is 6.32. The lowest BCUT2D eigenvalue weighted by atomic mass is 9.84. The number of halogens is 3. The summed E-state index contributed by atoms with van der Waals surface area (Å²) in [5, 5.41) is 185. The van der Waals surface area contributed by atoms with E-state index in [0.29, 0.717) is 5.02 Å². The van der Waals surface area contributed by atoms with Crippen LogP contribution in [0.3, 0.4) is 0 Å². The molecular formula is C86H97Cl3N10O29. The number of carboxylic acid groups (broad SMARTS) is 1. The molecule has 128 heavy (non-hydrogen) atoms. The summed E-state index contributed by atoms with van der Waals surface area (Å²) in [6, 6.07) is 10.4. The molecule has 25 N–H and O–H groups in total. The van der Waals surface area contributed by atoms with Crippen LogP contribution in [0.1, 0.15) is 116 Å². The normalized spacial score (nSPS) is 29.3. The second-order valence-corrected chi connectivity index (χ2v) is 33.8. The van der Waals surface area contributed by atoms with E-state index in [1.54, 1.807) is 39.8 Å². The lowest BCUT2D eigenvalue weighted by Gasteiger charge is -2.48. The van der Waals surface area contributed by atoms with E-state index < -0.39 is 297 Å². The summed E-state index contributed by atoms with van der Waals surface area (Å²) in [7, 11) is 1.46. The largest absolute Gasteiger partial charge is 0.507 e. The predicted octanol–water partition coefficient (Wildman–Crippen LogP) is 1.15. The Morgan fingerprint density at radius 2 is 1.21 bits per heavy atom. The zero-order valence-corrected chi connectivity index (χ0v) is 71.1. The van der Waals surface area contributed by atoms with Gasteiger partial charge in [0.1, 0.15) is 108 Å². The molecule has 7 aromatic carbocycles. The number of carbonyl (C=O) groups is 8. The average molecular weight is 1840 g/mol. The molecule has 39 nitrogen and oxygen atoms in total. The zero-order valence-electron chi connectivity index (χ0n) is 68.9. The fourth-order valence-corrected chi connectivity index (χ4v) is 16.8. The molecular weight excluding hydrogens is 1740 g/mol. The Morgan fingerprint density at radius 1 is 0.625 bits per heavy atom. The minimum absolute atomic E-state index is 0.137. The number of carboxylic acids is 1. The Morgan fingerprint density at radius 3 is 1.81 bits per heavy atom. The number of amides is 7. The van der Waals surface area contributed by atoms with Gasteiger partial charge in [0.25, 0.3) is 0 Å². The smallest absolute Gasteiger partial charge is 0.330 e. The number of primary amides is 1. The van der Waals surface area contributed by atoms with Crippen molar-refractivity contribution in [3.63, 3.8) is 0 Å². The second-order valence-electron chi connectivity index (χ2n) is 32.6. The van der Waals surface area contributed by atoms with E-state index in [1.807, 2.05) is 36.4 Å². The Hall–Kier alpha value is -10.7. The zero-order chi connectivity index (χ0) is 92.5. The third-order valence-electron chi connectivity index (χ3n) is 23.3. The van der Waals surface area contributed by atoms with Gasteiger partial charge in [0.15, 0.2) is 36.2 Å². The number of hydrogen-bond acceptors (Lipinski definition) is 31. The molecule has 23 atom stereocenters. The maximum Gasteiger partial charge on any atom is 0.330 e. The molecule has 7 amide bonds. The molecule has 15 rings (SSSR count). The van der Waals surface area contributed by atoms with Gasteiger partial charge in [0, 0.05) is 46.8 Å². The summed E-state index contributed by atoms with van der Waals surface area (Å²) >= 11 is 20.5. The van der Waals surface area contributed by atoms with Gasteiger partial charge in [-0.3, -0.25) is 33.6 Å². The third kappa shape index (κ3) is 20.3. The van der Waals surface area contributed by atoms with Crippen molar-refractivity contribution in [2.75, 3.05) is 20.3 Å². The molecule has 0 aromatic heterocycles. The SMILES string of the molecule is CN[C@H](CC(C)C)C(=O)N[C@H]1C(=O)N[C@@H](CC(N)=O)C(=O)N[C@H]2C(=O)N[C@H]3C(=O)N[C@H](C(=O)N[C@H](C(=O)O)c4cc(O)c(CN[C@H]5C(O)O[C@H](CO)[C@H](O)[C@@H]5O)c(O)c4-c4cc3ccc4O)[C@H](O)c3ccc(c(Cl)c3)Oc3cc2cc(c3O[C@@H]2O[C@H](CO)[C@@H](O)[C@H](O)[C@H]2O[C@H]2C[C@](C)(NCc3ccc(-c4ccc(Cl)cc4)cc3)[C@H](O)[C@H](C)O2)Oc2ccc(cc2Cl)[C@H]1O. The highest BCUT2D eigenvalue weighted by atomic mass is 35.5. The number of likely N-dealkylation sites (N-methyl/N-ethyl adjacent to an activating group) is 1. The van der Waals surface area contributed by atoms with Crippen molar-refractivity contribution >= 4 is 82.1 Å². The van der Waals surface area contributed by atoms with Gasteiger partial charge in [-0.2, -0.15) is 0 Å². The van der Waals surface area contributed by atoms with Gasteiger partial charge in [0.2, 0.25) is 53.4 Å². The maximum atomic E-state index is 16.5. The van der Waals surface area contributed by atoms with E-state index in [4.69, 9.17) is 73.7 Å². The number of aliphatic hydroxyl groups excluding tert-OH is 10. The van der Waals surface area contributed by atoms with E-state index in [-0.39, 0.29) is 42.2 Å². The van der Waals surface area contributed by atoms with E-state index in [0.717, 1.165) is 77.4 Å². The first-order valence-electron chi connectivity index (χ1n) is 40.6. The van der Waals surface area contributed by atoms with Gasteiger partial charge >= 0.3 is 5.97 Å². The maximum absolute atomic E-state index is 16.5. The molecule has 1 unspecified atom stereocenters. The number of rotatable bonds is 21. The van der Waals surface area contributed by atoms with E-state index in [1.165, 1.54) is 19.2 Å². The van der Waals surface area contributed by atoms with Crippen LogP contribution >= 0.6 is 34.8 Å². The van der Waals surface area contributed by atoms with Gasteiger partial charge in [-0.1, -0.05) is 103 Å². The lowest BCUT2D eigenvalue weighted by molar-refractivity contribution is -0.334. The van der Waals surface area contributed by atoms with Crippen molar-refractivity contribution in [3.8, 4) is 68.2 Å². The van der Waals surface area contributed by atoms with E-state index in [9.17, 15) is 85.9 Å². The van der Waals surface area contributed by atoms with Crippen molar-refractivity contribution in [1.29, 1.82) is 0 Å². The van der Waals surface area contributed by atoms with Crippen LogP contribution in [0.25, 0.3) is 22.3 Å². The molecule has 3 fully saturated rings. The summed E-state index contributed by atoms with van der Waals surface area (Å²) < 4.78 is 44.8. The number of ether oxygens (including phenoxy) is 7.